The minimum Gasteiger partial charge on any atom is -0.345 e. The van der Waals surface area contributed by atoms with E-state index in [0.29, 0.717) is 12.1 Å². The molecule has 21 heavy (non-hydrogen) atoms. The van der Waals surface area contributed by atoms with E-state index < -0.39 is 0 Å². The number of hydrogen-bond donors (Lipinski definition) is 0. The zero-order valence-corrected chi connectivity index (χ0v) is 13.2. The van der Waals surface area contributed by atoms with E-state index in [1.165, 1.54) is 0 Å². The summed E-state index contributed by atoms with van der Waals surface area (Å²) in [5, 5.41) is 0. The van der Waals surface area contributed by atoms with Gasteiger partial charge in [-0.1, -0.05) is 12.1 Å². The Morgan fingerprint density at radius 2 is 1.95 bits per heavy atom. The molecule has 1 saturated heterocycles. The second-order valence-electron chi connectivity index (χ2n) is 5.79. The Balaban J connectivity index is 2.25. The van der Waals surface area contributed by atoms with Gasteiger partial charge < -0.3 is 9.80 Å². The number of likely N-dealkylation sites (N-methyl/N-ethyl adjacent to an activating group) is 1. The number of benzene rings is 1. The molecule has 0 N–H and O–H groups in total. The molecule has 5 nitrogen and oxygen atoms in total. The molecule has 1 fully saturated rings. The number of piperazine rings is 1. The number of hydrogen-bond acceptors (Lipinski definition) is 3. The van der Waals surface area contributed by atoms with Crippen molar-refractivity contribution in [3.8, 4) is 0 Å². The summed E-state index contributed by atoms with van der Waals surface area (Å²) in [4.78, 5) is 29.4. The van der Waals surface area contributed by atoms with Crippen LogP contribution in [0.3, 0.4) is 0 Å². The van der Waals surface area contributed by atoms with Crippen LogP contribution in [-0.2, 0) is 4.79 Å². The Kier molecular flexibility index (Phi) is 4.63. The average molecular weight is 289 g/mol. The molecule has 1 atom stereocenters. The first kappa shape index (κ1) is 15.5. The third-order valence-electron chi connectivity index (χ3n) is 4.02. The molecule has 0 aliphatic carbocycles. The zero-order valence-electron chi connectivity index (χ0n) is 13.2. The highest BCUT2D eigenvalue weighted by Gasteiger charge is 2.27. The van der Waals surface area contributed by atoms with E-state index in [1.54, 1.807) is 25.9 Å². The molecule has 1 aliphatic rings. The number of amides is 2. The third-order valence-corrected chi connectivity index (χ3v) is 4.02. The van der Waals surface area contributed by atoms with E-state index in [-0.39, 0.29) is 17.9 Å². The second kappa shape index (κ2) is 6.26. The van der Waals surface area contributed by atoms with Crippen LogP contribution >= 0.6 is 0 Å². The van der Waals surface area contributed by atoms with Crippen LogP contribution in [0, 0.1) is 0 Å². The van der Waals surface area contributed by atoms with Crippen LogP contribution in [0.1, 0.15) is 28.9 Å². The maximum Gasteiger partial charge on any atom is 0.253 e. The number of carbonyl (C=O) groups excluding carboxylic acids is 2. The van der Waals surface area contributed by atoms with E-state index in [4.69, 9.17) is 0 Å². The molecule has 1 aromatic rings. The molecule has 1 aliphatic heterocycles. The van der Waals surface area contributed by atoms with E-state index in [9.17, 15) is 9.59 Å². The molecule has 1 heterocycles. The molecule has 0 bridgehead atoms. The fraction of sp³-hybridized carbons (Fsp3) is 0.500. The zero-order chi connectivity index (χ0) is 15.6. The molecule has 2 rings (SSSR count). The quantitative estimate of drug-likeness (QED) is 0.822. The molecular weight excluding hydrogens is 266 g/mol. The highest BCUT2D eigenvalue weighted by atomic mass is 16.2. The maximum absolute atomic E-state index is 12.1. The smallest absolute Gasteiger partial charge is 0.253 e. The minimum absolute atomic E-state index is 0.00117. The fourth-order valence-corrected chi connectivity index (χ4v) is 2.66. The van der Waals surface area contributed by atoms with Gasteiger partial charge in [-0.3, -0.25) is 14.5 Å². The summed E-state index contributed by atoms with van der Waals surface area (Å²) in [7, 11) is 5.56. The molecule has 0 radical (unpaired) electrons. The van der Waals surface area contributed by atoms with Gasteiger partial charge >= 0.3 is 0 Å². The predicted molar refractivity (Wildman–Crippen MR) is 82.1 cm³/mol. The summed E-state index contributed by atoms with van der Waals surface area (Å²) in [5.41, 5.74) is 1.77. The highest BCUT2D eigenvalue weighted by Crippen LogP contribution is 2.25. The van der Waals surface area contributed by atoms with Crippen molar-refractivity contribution in [3.05, 3.63) is 35.4 Å². The van der Waals surface area contributed by atoms with Crippen LogP contribution in [-0.4, -0.2) is 67.3 Å². The van der Waals surface area contributed by atoms with Crippen molar-refractivity contribution in [3.63, 3.8) is 0 Å². The molecule has 114 valence electrons. The molecule has 2 amide bonds. The van der Waals surface area contributed by atoms with Gasteiger partial charge in [0.15, 0.2) is 0 Å². The summed E-state index contributed by atoms with van der Waals surface area (Å²) >= 11 is 0. The maximum atomic E-state index is 12.1. The Labute approximate surface area is 126 Å². The van der Waals surface area contributed by atoms with E-state index >= 15 is 0 Å². The fourth-order valence-electron chi connectivity index (χ4n) is 2.66. The molecule has 5 heteroatoms. The van der Waals surface area contributed by atoms with Crippen molar-refractivity contribution < 1.29 is 9.59 Å². The summed E-state index contributed by atoms with van der Waals surface area (Å²) in [6, 6.07) is 7.84. The lowest BCUT2D eigenvalue weighted by Gasteiger charge is -2.39. The second-order valence-corrected chi connectivity index (χ2v) is 5.79. The Morgan fingerprint density at radius 1 is 1.24 bits per heavy atom. The summed E-state index contributed by atoms with van der Waals surface area (Å²) in [5.74, 6) is 0.104. The van der Waals surface area contributed by atoms with Gasteiger partial charge in [-0.25, -0.2) is 0 Å². The molecule has 0 aromatic heterocycles. The van der Waals surface area contributed by atoms with Gasteiger partial charge in [-0.15, -0.1) is 0 Å². The minimum atomic E-state index is -0.00117. The van der Waals surface area contributed by atoms with Gasteiger partial charge in [-0.2, -0.15) is 0 Å². The van der Waals surface area contributed by atoms with Crippen molar-refractivity contribution >= 4 is 11.8 Å². The number of rotatable bonds is 2. The monoisotopic (exact) mass is 289 g/mol. The van der Waals surface area contributed by atoms with Crippen LogP contribution < -0.4 is 0 Å². The van der Waals surface area contributed by atoms with Crippen molar-refractivity contribution in [1.82, 2.24) is 14.7 Å². The SMILES string of the molecule is CC(=O)N1CCN(C)[C@@H](c2cccc(C(=O)N(C)C)c2)C1. The number of nitrogens with zero attached hydrogens (tertiary/aromatic N) is 3. The van der Waals surface area contributed by atoms with Gasteiger partial charge in [0.1, 0.15) is 0 Å². The van der Waals surface area contributed by atoms with Crippen molar-refractivity contribution in [2.24, 2.45) is 0 Å². The van der Waals surface area contributed by atoms with Crippen LogP contribution in [0.4, 0.5) is 0 Å². The standard InChI is InChI=1S/C16H23N3O2/c1-12(20)19-9-8-18(4)15(11-19)13-6-5-7-14(10-13)16(21)17(2)3/h5-7,10,15H,8-9,11H2,1-4H3/t15-/m1/s1. The van der Waals surface area contributed by atoms with Gasteiger partial charge in [-0.05, 0) is 24.7 Å². The highest BCUT2D eigenvalue weighted by molar-refractivity contribution is 5.94. The largest absolute Gasteiger partial charge is 0.345 e. The normalized spacial score (nSPS) is 19.4. The Morgan fingerprint density at radius 3 is 2.57 bits per heavy atom. The molecular formula is C16H23N3O2. The summed E-state index contributed by atoms with van der Waals surface area (Å²) in [6.07, 6.45) is 0. The van der Waals surface area contributed by atoms with E-state index in [0.717, 1.165) is 18.7 Å². The average Bonchev–Trinajstić information content (AvgIpc) is 2.46. The third kappa shape index (κ3) is 3.42. The predicted octanol–water partition coefficient (Wildman–Crippen LogP) is 1.22. The first-order valence-corrected chi connectivity index (χ1v) is 7.17. The van der Waals surface area contributed by atoms with Gasteiger partial charge in [0.05, 0.1) is 6.04 Å². The van der Waals surface area contributed by atoms with Crippen LogP contribution in [0.15, 0.2) is 24.3 Å². The van der Waals surface area contributed by atoms with Gasteiger partial charge in [0.2, 0.25) is 5.91 Å². The van der Waals surface area contributed by atoms with Gasteiger partial charge in [0.25, 0.3) is 5.91 Å². The summed E-state index contributed by atoms with van der Waals surface area (Å²) < 4.78 is 0. The van der Waals surface area contributed by atoms with Crippen LogP contribution in [0.5, 0.6) is 0 Å². The molecule has 0 unspecified atom stereocenters. The van der Waals surface area contributed by atoms with Crippen molar-refractivity contribution in [1.29, 1.82) is 0 Å². The lowest BCUT2D eigenvalue weighted by Crippen LogP contribution is -2.48. The first-order valence-electron chi connectivity index (χ1n) is 7.17. The van der Waals surface area contributed by atoms with Crippen LogP contribution in [0.2, 0.25) is 0 Å². The lowest BCUT2D eigenvalue weighted by atomic mass is 10.00. The number of carbonyl (C=O) groups is 2. The van der Waals surface area contributed by atoms with E-state index in [2.05, 4.69) is 11.9 Å². The summed E-state index contributed by atoms with van der Waals surface area (Å²) in [6.45, 7) is 3.88. The van der Waals surface area contributed by atoms with Crippen molar-refractivity contribution in [2.75, 3.05) is 40.8 Å². The topological polar surface area (TPSA) is 43.9 Å². The molecule has 1 aromatic carbocycles. The molecule has 0 spiro atoms. The van der Waals surface area contributed by atoms with E-state index in [1.807, 2.05) is 29.2 Å². The Hall–Kier alpha value is -1.88. The van der Waals surface area contributed by atoms with Crippen LogP contribution in [0.25, 0.3) is 0 Å². The molecule has 0 saturated carbocycles. The first-order chi connectivity index (χ1) is 9.90. The van der Waals surface area contributed by atoms with Crippen molar-refractivity contribution in [2.45, 2.75) is 13.0 Å². The Bertz CT molecular complexity index is 542. The van der Waals surface area contributed by atoms with Gasteiger partial charge in [0, 0.05) is 46.2 Å². The lowest BCUT2D eigenvalue weighted by molar-refractivity contribution is -0.131.